The number of hydrogen-bond donors (Lipinski definition) is 1. The van der Waals surface area contributed by atoms with E-state index < -0.39 is 12.0 Å². The summed E-state index contributed by atoms with van der Waals surface area (Å²) in [7, 11) is 0. The van der Waals surface area contributed by atoms with E-state index in [9.17, 15) is 19.5 Å². The number of aliphatic carboxylic acids is 1. The summed E-state index contributed by atoms with van der Waals surface area (Å²) in [6, 6.07) is -1.04. The van der Waals surface area contributed by atoms with Gasteiger partial charge in [-0.05, 0) is 24.2 Å². The molecule has 1 saturated heterocycles. The first-order chi connectivity index (χ1) is 8.93. The maximum Gasteiger partial charge on any atom is 0.327 e. The van der Waals surface area contributed by atoms with Gasteiger partial charge in [-0.15, -0.1) is 0 Å². The van der Waals surface area contributed by atoms with Crippen LogP contribution in [0, 0.1) is 29.6 Å². The molecule has 2 amide bonds. The number of carboxylic acids is 1. The summed E-state index contributed by atoms with van der Waals surface area (Å²) in [5, 5.41) is 9.29. The number of rotatable bonds is 3. The Hall–Kier alpha value is -1.65. The normalized spacial score (nSPS) is 37.3. The second kappa shape index (κ2) is 3.92. The predicted molar refractivity (Wildman–Crippen MR) is 65.8 cm³/mol. The van der Waals surface area contributed by atoms with Crippen molar-refractivity contribution in [1.29, 1.82) is 0 Å². The molecule has 0 spiro atoms. The third kappa shape index (κ3) is 1.50. The number of carbonyl (C=O) groups is 3. The maximum absolute atomic E-state index is 12.4. The van der Waals surface area contributed by atoms with Crippen molar-refractivity contribution in [2.24, 2.45) is 29.6 Å². The monoisotopic (exact) mass is 263 g/mol. The summed E-state index contributed by atoms with van der Waals surface area (Å²) in [4.78, 5) is 37.3. The molecule has 2 aliphatic carbocycles. The highest BCUT2D eigenvalue weighted by atomic mass is 16.4. The molecular formula is C14H17NO4. The van der Waals surface area contributed by atoms with E-state index in [0.717, 1.165) is 11.3 Å². The molecule has 1 aliphatic heterocycles. The van der Waals surface area contributed by atoms with Crippen molar-refractivity contribution < 1.29 is 19.5 Å². The van der Waals surface area contributed by atoms with Gasteiger partial charge >= 0.3 is 5.97 Å². The Labute approximate surface area is 111 Å². The highest BCUT2D eigenvalue weighted by molar-refractivity contribution is 6.08. The number of amides is 2. The number of allylic oxidation sites excluding steroid dienone is 2. The first-order valence-electron chi connectivity index (χ1n) is 6.71. The number of likely N-dealkylation sites (tertiary alicyclic amines) is 1. The van der Waals surface area contributed by atoms with Crippen molar-refractivity contribution in [1.82, 2.24) is 4.90 Å². The quantitative estimate of drug-likeness (QED) is 0.606. The van der Waals surface area contributed by atoms with Crippen molar-refractivity contribution in [2.75, 3.05) is 0 Å². The summed E-state index contributed by atoms with van der Waals surface area (Å²) in [6.45, 7) is 3.45. The van der Waals surface area contributed by atoms with Crippen LogP contribution in [0.4, 0.5) is 0 Å². The number of carbonyl (C=O) groups excluding carboxylic acids is 2. The fourth-order valence-electron chi connectivity index (χ4n) is 3.89. The SMILES string of the molecule is CC(C)[C@H](C(=O)O)N1C(=O)[C@@H]2[C@H](C1=O)[C@H]1C=C[C@H]2C1. The lowest BCUT2D eigenvalue weighted by atomic mass is 9.85. The molecule has 102 valence electrons. The van der Waals surface area contributed by atoms with E-state index in [2.05, 4.69) is 0 Å². The molecule has 0 aromatic heterocycles. The average molecular weight is 263 g/mol. The molecule has 5 atom stereocenters. The fraction of sp³-hybridized carbons (Fsp3) is 0.643. The van der Waals surface area contributed by atoms with Crippen molar-refractivity contribution in [3.05, 3.63) is 12.2 Å². The van der Waals surface area contributed by atoms with E-state index in [1.54, 1.807) is 13.8 Å². The van der Waals surface area contributed by atoms with Crippen molar-refractivity contribution >= 4 is 17.8 Å². The van der Waals surface area contributed by atoms with Crippen LogP contribution in [0.5, 0.6) is 0 Å². The molecule has 2 bridgehead atoms. The van der Waals surface area contributed by atoms with E-state index >= 15 is 0 Å². The molecule has 1 heterocycles. The second-order valence-corrected chi connectivity index (χ2v) is 6.07. The van der Waals surface area contributed by atoms with Crippen molar-refractivity contribution in [3.8, 4) is 0 Å². The second-order valence-electron chi connectivity index (χ2n) is 6.07. The van der Waals surface area contributed by atoms with Crippen LogP contribution in [0.2, 0.25) is 0 Å². The summed E-state index contributed by atoms with van der Waals surface area (Å²) in [6.07, 6.45) is 4.87. The fourth-order valence-corrected chi connectivity index (χ4v) is 3.89. The van der Waals surface area contributed by atoms with Crippen molar-refractivity contribution in [2.45, 2.75) is 26.3 Å². The van der Waals surface area contributed by atoms with Gasteiger partial charge in [0.25, 0.3) is 0 Å². The lowest BCUT2D eigenvalue weighted by Crippen LogP contribution is -2.49. The van der Waals surface area contributed by atoms with Crippen LogP contribution in [-0.4, -0.2) is 33.8 Å². The van der Waals surface area contributed by atoms with Crippen LogP contribution in [0.25, 0.3) is 0 Å². The minimum Gasteiger partial charge on any atom is -0.480 e. The van der Waals surface area contributed by atoms with Gasteiger partial charge in [-0.1, -0.05) is 26.0 Å². The molecule has 19 heavy (non-hydrogen) atoms. The maximum atomic E-state index is 12.4. The molecule has 3 rings (SSSR count). The topological polar surface area (TPSA) is 74.7 Å². The van der Waals surface area contributed by atoms with E-state index in [1.807, 2.05) is 12.2 Å². The van der Waals surface area contributed by atoms with Crippen molar-refractivity contribution in [3.63, 3.8) is 0 Å². The number of hydrogen-bond acceptors (Lipinski definition) is 3. The van der Waals surface area contributed by atoms with E-state index in [-0.39, 0.29) is 41.4 Å². The zero-order valence-electron chi connectivity index (χ0n) is 10.9. The van der Waals surface area contributed by atoms with Gasteiger partial charge in [-0.3, -0.25) is 14.5 Å². The Balaban J connectivity index is 1.96. The van der Waals surface area contributed by atoms with Gasteiger partial charge in [0.2, 0.25) is 11.8 Å². The Kier molecular flexibility index (Phi) is 2.56. The zero-order chi connectivity index (χ0) is 13.9. The minimum absolute atomic E-state index is 0.123. The molecule has 5 nitrogen and oxygen atoms in total. The van der Waals surface area contributed by atoms with Crippen LogP contribution in [-0.2, 0) is 14.4 Å². The molecule has 0 unspecified atom stereocenters. The largest absolute Gasteiger partial charge is 0.480 e. The third-order valence-electron chi connectivity index (χ3n) is 4.67. The first-order valence-corrected chi connectivity index (χ1v) is 6.71. The molecule has 1 saturated carbocycles. The highest BCUT2D eigenvalue weighted by Gasteiger charge is 2.61. The van der Waals surface area contributed by atoms with Gasteiger partial charge in [0.05, 0.1) is 11.8 Å². The number of nitrogens with zero attached hydrogens (tertiary/aromatic N) is 1. The standard InChI is InChI=1S/C14H17NO4/c1-6(2)11(14(18)19)15-12(16)9-7-3-4-8(5-7)10(9)13(15)17/h3-4,6-11H,5H2,1-2H3,(H,18,19)/t7-,8-,9-,10+,11+/m0/s1. The highest BCUT2D eigenvalue weighted by Crippen LogP contribution is 2.53. The number of fused-ring (bicyclic) bond motifs is 5. The Morgan fingerprint density at radius 1 is 1.21 bits per heavy atom. The molecule has 5 heteroatoms. The van der Waals surface area contributed by atoms with Crippen LogP contribution in [0.15, 0.2) is 12.2 Å². The van der Waals surface area contributed by atoms with Gasteiger partial charge in [-0.2, -0.15) is 0 Å². The van der Waals surface area contributed by atoms with E-state index in [0.29, 0.717) is 0 Å². The van der Waals surface area contributed by atoms with Crippen LogP contribution in [0.1, 0.15) is 20.3 Å². The zero-order valence-corrected chi connectivity index (χ0v) is 10.9. The lowest BCUT2D eigenvalue weighted by molar-refractivity contribution is -0.157. The van der Waals surface area contributed by atoms with Crippen LogP contribution < -0.4 is 0 Å². The lowest BCUT2D eigenvalue weighted by Gasteiger charge is -2.27. The van der Waals surface area contributed by atoms with Crippen LogP contribution in [0.3, 0.4) is 0 Å². The Morgan fingerprint density at radius 2 is 1.68 bits per heavy atom. The molecule has 2 fully saturated rings. The van der Waals surface area contributed by atoms with Crippen LogP contribution >= 0.6 is 0 Å². The molecule has 0 aromatic carbocycles. The summed E-state index contributed by atoms with van der Waals surface area (Å²) < 4.78 is 0. The Bertz CT molecular complexity index is 466. The summed E-state index contributed by atoms with van der Waals surface area (Å²) in [5.41, 5.74) is 0. The van der Waals surface area contributed by atoms with Gasteiger partial charge < -0.3 is 5.11 Å². The predicted octanol–water partition coefficient (Wildman–Crippen LogP) is 0.903. The van der Waals surface area contributed by atoms with Gasteiger partial charge in [0, 0.05) is 0 Å². The molecule has 0 radical (unpaired) electrons. The Morgan fingerprint density at radius 3 is 2.05 bits per heavy atom. The smallest absolute Gasteiger partial charge is 0.327 e. The van der Waals surface area contributed by atoms with Gasteiger partial charge in [0.1, 0.15) is 6.04 Å². The summed E-state index contributed by atoms with van der Waals surface area (Å²) in [5.74, 6) is -2.34. The molecule has 3 aliphatic rings. The van der Waals surface area contributed by atoms with E-state index in [1.165, 1.54) is 0 Å². The van der Waals surface area contributed by atoms with E-state index in [4.69, 9.17) is 0 Å². The first kappa shape index (κ1) is 12.4. The average Bonchev–Trinajstić information content (AvgIpc) is 2.97. The number of imide groups is 1. The third-order valence-corrected chi connectivity index (χ3v) is 4.67. The number of carboxylic acid groups (broad SMARTS) is 1. The minimum atomic E-state index is -1.10. The molecule has 0 aromatic rings. The summed E-state index contributed by atoms with van der Waals surface area (Å²) >= 11 is 0. The van der Waals surface area contributed by atoms with Gasteiger partial charge in [-0.25, -0.2) is 4.79 Å². The molecule has 1 N–H and O–H groups in total. The molecular weight excluding hydrogens is 246 g/mol. The van der Waals surface area contributed by atoms with Gasteiger partial charge in [0.15, 0.2) is 0 Å².